The SMILES string of the molecule is COC(=O)c1cc2cc(NC(=O)c3cccc(CC(=S)c4cccc(C(F)(F)F)c4)c3)cnc2[nH]1. The second kappa shape index (κ2) is 9.67. The molecule has 2 heterocycles. The molecule has 2 aromatic heterocycles. The fourth-order valence-corrected chi connectivity index (χ4v) is 3.78. The molecular formula is C25H18F3N3O3S. The van der Waals surface area contributed by atoms with Gasteiger partial charge in [-0.05, 0) is 47.5 Å². The van der Waals surface area contributed by atoms with Crippen molar-refractivity contribution in [3.8, 4) is 0 Å². The molecule has 0 aliphatic heterocycles. The van der Waals surface area contributed by atoms with E-state index in [9.17, 15) is 22.8 Å². The molecule has 0 saturated heterocycles. The first kappa shape index (κ1) is 24.1. The first-order valence-corrected chi connectivity index (χ1v) is 10.7. The number of nitrogens with one attached hydrogen (secondary N) is 2. The minimum Gasteiger partial charge on any atom is -0.464 e. The van der Waals surface area contributed by atoms with Crippen molar-refractivity contribution in [1.29, 1.82) is 0 Å². The zero-order valence-corrected chi connectivity index (χ0v) is 19.1. The Bertz CT molecular complexity index is 1450. The van der Waals surface area contributed by atoms with Crippen molar-refractivity contribution >= 4 is 45.7 Å². The molecular weight excluding hydrogens is 479 g/mol. The molecule has 0 unspecified atom stereocenters. The number of ether oxygens (including phenoxy) is 1. The smallest absolute Gasteiger partial charge is 0.416 e. The number of hydrogen-bond acceptors (Lipinski definition) is 5. The summed E-state index contributed by atoms with van der Waals surface area (Å²) in [5.41, 5.74) is 1.69. The Morgan fingerprint density at radius 3 is 2.54 bits per heavy atom. The Kier molecular flexibility index (Phi) is 6.65. The molecule has 2 N–H and O–H groups in total. The van der Waals surface area contributed by atoms with Crippen molar-refractivity contribution < 1.29 is 27.5 Å². The lowest BCUT2D eigenvalue weighted by atomic mass is 10.0. The summed E-state index contributed by atoms with van der Waals surface area (Å²) in [6.07, 6.45) is -2.81. The van der Waals surface area contributed by atoms with Gasteiger partial charge in [0, 0.05) is 22.2 Å². The highest BCUT2D eigenvalue weighted by Crippen LogP contribution is 2.30. The molecule has 4 rings (SSSR count). The fourth-order valence-electron chi connectivity index (χ4n) is 3.49. The van der Waals surface area contributed by atoms with Crippen LogP contribution < -0.4 is 5.32 Å². The summed E-state index contributed by atoms with van der Waals surface area (Å²) in [6, 6.07) is 14.8. The Morgan fingerprint density at radius 2 is 1.80 bits per heavy atom. The van der Waals surface area contributed by atoms with Crippen molar-refractivity contribution in [2.24, 2.45) is 0 Å². The van der Waals surface area contributed by atoms with Gasteiger partial charge in [0.1, 0.15) is 11.3 Å². The van der Waals surface area contributed by atoms with E-state index in [1.807, 2.05) is 0 Å². The number of alkyl halides is 3. The summed E-state index contributed by atoms with van der Waals surface area (Å²) in [7, 11) is 1.27. The number of hydrogen-bond donors (Lipinski definition) is 2. The number of benzene rings is 2. The van der Waals surface area contributed by atoms with Gasteiger partial charge in [-0.15, -0.1) is 0 Å². The second-order valence-corrected chi connectivity index (χ2v) is 8.16. The van der Waals surface area contributed by atoms with E-state index >= 15 is 0 Å². The van der Waals surface area contributed by atoms with Gasteiger partial charge in [-0.3, -0.25) is 4.79 Å². The number of aromatic amines is 1. The lowest BCUT2D eigenvalue weighted by Crippen LogP contribution is -2.13. The van der Waals surface area contributed by atoms with Crippen molar-refractivity contribution in [2.45, 2.75) is 12.6 Å². The number of methoxy groups -OCH3 is 1. The summed E-state index contributed by atoms with van der Waals surface area (Å²) in [6.45, 7) is 0. The lowest BCUT2D eigenvalue weighted by molar-refractivity contribution is -0.137. The van der Waals surface area contributed by atoms with Crippen LogP contribution in [0.15, 0.2) is 66.9 Å². The van der Waals surface area contributed by atoms with E-state index in [1.165, 1.54) is 25.4 Å². The Morgan fingerprint density at radius 1 is 1.06 bits per heavy atom. The largest absolute Gasteiger partial charge is 0.464 e. The monoisotopic (exact) mass is 497 g/mol. The number of thiocarbonyl (C=S) groups is 1. The fraction of sp³-hybridized carbons (Fsp3) is 0.120. The van der Waals surface area contributed by atoms with Gasteiger partial charge in [0.25, 0.3) is 5.91 Å². The van der Waals surface area contributed by atoms with Gasteiger partial charge < -0.3 is 15.0 Å². The highest BCUT2D eigenvalue weighted by molar-refractivity contribution is 7.80. The van der Waals surface area contributed by atoms with Gasteiger partial charge in [0.05, 0.1) is 24.6 Å². The molecule has 0 radical (unpaired) electrons. The predicted octanol–water partition coefficient (Wildman–Crippen LogP) is 5.58. The summed E-state index contributed by atoms with van der Waals surface area (Å²) >= 11 is 5.36. The zero-order chi connectivity index (χ0) is 25.2. The number of carbonyl (C=O) groups excluding carboxylic acids is 2. The van der Waals surface area contributed by atoms with Crippen LogP contribution >= 0.6 is 12.2 Å². The van der Waals surface area contributed by atoms with E-state index < -0.39 is 23.6 Å². The van der Waals surface area contributed by atoms with Crippen LogP contribution in [0, 0.1) is 0 Å². The highest BCUT2D eigenvalue weighted by Gasteiger charge is 2.30. The maximum atomic E-state index is 13.0. The minimum atomic E-state index is -4.46. The van der Waals surface area contributed by atoms with E-state index in [-0.39, 0.29) is 12.1 Å². The van der Waals surface area contributed by atoms with Crippen molar-refractivity contribution in [2.75, 3.05) is 12.4 Å². The third-order valence-electron chi connectivity index (χ3n) is 5.20. The lowest BCUT2D eigenvalue weighted by Gasteiger charge is -2.10. The summed E-state index contributed by atoms with van der Waals surface area (Å²) in [4.78, 5) is 31.8. The Balaban J connectivity index is 1.48. The molecule has 6 nitrogen and oxygen atoms in total. The van der Waals surface area contributed by atoms with E-state index in [0.717, 1.165) is 12.1 Å². The van der Waals surface area contributed by atoms with Crippen LogP contribution in [0.2, 0.25) is 0 Å². The average molecular weight is 497 g/mol. The number of esters is 1. The van der Waals surface area contributed by atoms with Gasteiger partial charge in [-0.2, -0.15) is 13.2 Å². The highest BCUT2D eigenvalue weighted by atomic mass is 32.1. The molecule has 0 saturated carbocycles. The van der Waals surface area contributed by atoms with Crippen LogP contribution in [0.3, 0.4) is 0 Å². The van der Waals surface area contributed by atoms with Gasteiger partial charge in [-0.1, -0.05) is 36.5 Å². The zero-order valence-electron chi connectivity index (χ0n) is 18.3. The van der Waals surface area contributed by atoms with Crippen molar-refractivity contribution in [1.82, 2.24) is 9.97 Å². The topological polar surface area (TPSA) is 84.1 Å². The summed E-state index contributed by atoms with van der Waals surface area (Å²) < 4.78 is 43.7. The summed E-state index contributed by atoms with van der Waals surface area (Å²) in [5.74, 6) is -0.935. The number of H-pyrrole nitrogens is 1. The van der Waals surface area contributed by atoms with Gasteiger partial charge in [-0.25, -0.2) is 9.78 Å². The van der Waals surface area contributed by atoms with Gasteiger partial charge in [0.2, 0.25) is 0 Å². The predicted molar refractivity (Wildman–Crippen MR) is 129 cm³/mol. The van der Waals surface area contributed by atoms with Gasteiger partial charge in [0.15, 0.2) is 0 Å². The van der Waals surface area contributed by atoms with Gasteiger partial charge >= 0.3 is 12.1 Å². The quantitative estimate of drug-likeness (QED) is 0.206. The number of nitrogens with zero attached hydrogens (tertiary/aromatic N) is 1. The molecule has 10 heteroatoms. The molecule has 0 bridgehead atoms. The number of anilines is 1. The van der Waals surface area contributed by atoms with E-state index in [0.29, 0.717) is 38.3 Å². The standard InChI is InChI=1S/C25H18F3N3O3S/c1-34-24(33)20-12-17-11-19(13-29-22(17)31-20)30-23(32)16-6-2-4-14(8-16)9-21(35)15-5-3-7-18(10-15)25(26,27)28/h2-8,10-13H,9H2,1H3,(H,29,31)(H,30,32). The van der Waals surface area contributed by atoms with Crippen LogP contribution in [0.4, 0.5) is 18.9 Å². The second-order valence-electron chi connectivity index (χ2n) is 7.67. The van der Waals surface area contributed by atoms with E-state index in [2.05, 4.69) is 20.0 Å². The third-order valence-corrected chi connectivity index (χ3v) is 5.58. The Labute approximate surface area is 203 Å². The normalized spacial score (nSPS) is 11.3. The number of amides is 1. The van der Waals surface area contributed by atoms with E-state index in [4.69, 9.17) is 12.2 Å². The van der Waals surface area contributed by atoms with Crippen LogP contribution in [0.1, 0.15) is 37.5 Å². The number of pyridine rings is 1. The van der Waals surface area contributed by atoms with Crippen molar-refractivity contribution in [3.63, 3.8) is 0 Å². The number of aromatic nitrogens is 2. The van der Waals surface area contributed by atoms with Crippen LogP contribution in [0.25, 0.3) is 11.0 Å². The van der Waals surface area contributed by atoms with Crippen LogP contribution in [-0.2, 0) is 17.3 Å². The number of rotatable bonds is 6. The van der Waals surface area contributed by atoms with Crippen molar-refractivity contribution in [3.05, 3.63) is 94.8 Å². The average Bonchev–Trinajstić information content (AvgIpc) is 3.27. The minimum absolute atomic E-state index is 0.199. The molecule has 0 atom stereocenters. The first-order chi connectivity index (χ1) is 16.6. The molecule has 178 valence electrons. The van der Waals surface area contributed by atoms with Crippen LogP contribution in [-0.4, -0.2) is 33.8 Å². The first-order valence-electron chi connectivity index (χ1n) is 10.3. The number of fused-ring (bicyclic) bond motifs is 1. The Hall–Kier alpha value is -4.05. The molecule has 0 spiro atoms. The molecule has 0 fully saturated rings. The maximum absolute atomic E-state index is 13.0. The molecule has 2 aromatic carbocycles. The third kappa shape index (κ3) is 5.55. The molecule has 0 aliphatic rings. The molecule has 0 aliphatic carbocycles. The number of halogens is 3. The molecule has 35 heavy (non-hydrogen) atoms. The summed E-state index contributed by atoms with van der Waals surface area (Å²) in [5, 5.41) is 3.36. The molecule has 4 aromatic rings. The maximum Gasteiger partial charge on any atom is 0.416 e. The van der Waals surface area contributed by atoms with E-state index in [1.54, 1.807) is 36.4 Å². The molecule has 1 amide bonds. The van der Waals surface area contributed by atoms with Crippen LogP contribution in [0.5, 0.6) is 0 Å². The number of carbonyl (C=O) groups is 2.